The van der Waals surface area contributed by atoms with Crippen molar-refractivity contribution in [3.63, 3.8) is 0 Å². The Labute approximate surface area is 66.3 Å². The van der Waals surface area contributed by atoms with Gasteiger partial charge in [-0.25, -0.2) is 0 Å². The molecule has 2 nitrogen and oxygen atoms in total. The maximum absolute atomic E-state index is 8.36. The predicted octanol–water partition coefficient (Wildman–Crippen LogP) is 1.39. The first-order valence-corrected chi connectivity index (χ1v) is 0.494. The predicted molar refractivity (Wildman–Crippen MR) is 37.7 cm³/mol. The Bertz CT molecular complexity index is 17.2. The van der Waals surface area contributed by atoms with Crippen molar-refractivity contribution in [3.8, 4) is 0 Å². The number of hydrogen-bond acceptors (Lipinski definition) is 1. The minimum Gasteiger partial charge on any atom is -0.483 e. The molecule has 7 heavy (non-hydrogen) atoms. The van der Waals surface area contributed by atoms with Crippen LogP contribution in [0.25, 0.3) is 0 Å². The Morgan fingerprint density at radius 2 is 1.00 bits per heavy atom. The largest absolute Gasteiger partial charge is 0.483 e. The molecule has 0 fully saturated rings. The van der Waals surface area contributed by atoms with Crippen LogP contribution in [-0.2, 0) is 4.79 Å². The first-order chi connectivity index (χ1) is 1.41. The monoisotopic (exact) mass is 190 g/mol. The summed E-state index contributed by atoms with van der Waals surface area (Å²) in [4.78, 5) is 8.36. The van der Waals surface area contributed by atoms with Crippen LogP contribution in [0.1, 0.15) is 0 Å². The summed E-state index contributed by atoms with van der Waals surface area (Å²) in [7, 11) is 0. The van der Waals surface area contributed by atoms with Gasteiger partial charge in [-0.2, -0.15) is 0 Å². The van der Waals surface area contributed by atoms with Crippen LogP contribution in [0.15, 0.2) is 0 Å². The number of rotatable bonds is 0. The molecule has 0 heterocycles. The summed E-state index contributed by atoms with van der Waals surface area (Å²) >= 11 is 0. The standard InChI is InChI=1S/CH2O2.4ClH/c2-1-3;;;;/h1H,(H,2,3);4*1H. The van der Waals surface area contributed by atoms with Crippen molar-refractivity contribution < 1.29 is 9.90 Å². The lowest BCUT2D eigenvalue weighted by atomic mass is 11.7. The minimum atomic E-state index is -0.250. The molecule has 0 saturated heterocycles. The van der Waals surface area contributed by atoms with Crippen LogP contribution in [0.2, 0.25) is 0 Å². The highest BCUT2D eigenvalue weighted by Gasteiger charge is 1.22. The van der Waals surface area contributed by atoms with Gasteiger partial charge >= 0.3 is 0 Å². The molecule has 0 atom stereocenters. The summed E-state index contributed by atoms with van der Waals surface area (Å²) in [5, 5.41) is 6.89. The second-order valence-corrected chi connectivity index (χ2v) is 0.105. The molecule has 0 aliphatic heterocycles. The molecular weight excluding hydrogens is 186 g/mol. The van der Waals surface area contributed by atoms with Gasteiger partial charge < -0.3 is 5.11 Å². The van der Waals surface area contributed by atoms with Gasteiger partial charge in [-0.05, 0) is 0 Å². The van der Waals surface area contributed by atoms with E-state index in [0.717, 1.165) is 0 Å². The van der Waals surface area contributed by atoms with E-state index >= 15 is 0 Å². The summed E-state index contributed by atoms with van der Waals surface area (Å²) in [6.45, 7) is -0.250. The average molecular weight is 192 g/mol. The van der Waals surface area contributed by atoms with Crippen LogP contribution in [0.4, 0.5) is 0 Å². The molecule has 0 aromatic heterocycles. The highest BCUT2D eigenvalue weighted by atomic mass is 35.5. The highest BCUT2D eigenvalue weighted by molar-refractivity contribution is 5.86. The van der Waals surface area contributed by atoms with Gasteiger partial charge in [0.2, 0.25) is 0 Å². The number of hydrogen-bond donors (Lipinski definition) is 1. The van der Waals surface area contributed by atoms with Gasteiger partial charge in [0.25, 0.3) is 6.47 Å². The lowest BCUT2D eigenvalue weighted by molar-refractivity contribution is -0.122. The highest BCUT2D eigenvalue weighted by Crippen LogP contribution is 0.966. The van der Waals surface area contributed by atoms with Gasteiger partial charge in [-0.15, -0.1) is 49.6 Å². The smallest absolute Gasteiger partial charge is 0.290 e. The first kappa shape index (κ1) is 48.5. The van der Waals surface area contributed by atoms with Gasteiger partial charge in [-0.1, -0.05) is 0 Å². The van der Waals surface area contributed by atoms with Crippen molar-refractivity contribution in [3.05, 3.63) is 0 Å². The van der Waals surface area contributed by atoms with E-state index in [-0.39, 0.29) is 56.1 Å². The Morgan fingerprint density at radius 3 is 1.00 bits per heavy atom. The summed E-state index contributed by atoms with van der Waals surface area (Å²) in [5.74, 6) is 0. The van der Waals surface area contributed by atoms with Crippen molar-refractivity contribution in [1.29, 1.82) is 0 Å². The zero-order valence-corrected chi connectivity index (χ0v) is 6.33. The van der Waals surface area contributed by atoms with Crippen LogP contribution < -0.4 is 0 Å². The Hall–Kier alpha value is 0.630. The van der Waals surface area contributed by atoms with Gasteiger partial charge in [0.15, 0.2) is 0 Å². The lowest BCUT2D eigenvalue weighted by Gasteiger charge is -1.34. The Morgan fingerprint density at radius 1 is 1.00 bits per heavy atom. The van der Waals surface area contributed by atoms with Crippen LogP contribution in [0.3, 0.4) is 0 Å². The maximum atomic E-state index is 8.36. The minimum absolute atomic E-state index is 0. The third-order valence-corrected chi connectivity index (χ3v) is 0. The molecular formula is CH6Cl4O2. The summed E-state index contributed by atoms with van der Waals surface area (Å²) in [6.07, 6.45) is 0. The molecule has 0 spiro atoms. The molecule has 0 aliphatic rings. The molecule has 0 rings (SSSR count). The van der Waals surface area contributed by atoms with Crippen molar-refractivity contribution in [2.75, 3.05) is 0 Å². The molecule has 0 aliphatic carbocycles. The van der Waals surface area contributed by atoms with Crippen LogP contribution in [0, 0.1) is 0 Å². The van der Waals surface area contributed by atoms with Crippen LogP contribution >= 0.6 is 49.6 Å². The van der Waals surface area contributed by atoms with E-state index in [1.54, 1.807) is 0 Å². The lowest BCUT2D eigenvalue weighted by Crippen LogP contribution is -1.49. The summed E-state index contributed by atoms with van der Waals surface area (Å²) < 4.78 is 0. The van der Waals surface area contributed by atoms with E-state index < -0.39 is 0 Å². The van der Waals surface area contributed by atoms with E-state index in [1.807, 2.05) is 0 Å². The Kier molecular flexibility index (Phi) is 548. The van der Waals surface area contributed by atoms with Gasteiger partial charge in [0, 0.05) is 0 Å². The number of carboxylic acid groups (broad SMARTS) is 1. The van der Waals surface area contributed by atoms with Crippen molar-refractivity contribution in [2.24, 2.45) is 0 Å². The molecule has 0 saturated carbocycles. The maximum Gasteiger partial charge on any atom is 0.290 e. The fraction of sp³-hybridized carbons (Fsp3) is 0. The molecule has 0 aromatic carbocycles. The van der Waals surface area contributed by atoms with Crippen LogP contribution in [-0.4, -0.2) is 11.6 Å². The summed E-state index contributed by atoms with van der Waals surface area (Å²) in [6, 6.07) is 0. The molecule has 1 N–H and O–H groups in total. The zero-order chi connectivity index (χ0) is 2.71. The molecule has 6 heteroatoms. The van der Waals surface area contributed by atoms with E-state index in [9.17, 15) is 0 Å². The van der Waals surface area contributed by atoms with Crippen molar-refractivity contribution >= 4 is 56.1 Å². The fourth-order valence-electron chi connectivity index (χ4n) is 0. The Balaban J connectivity index is -0.00000000333. The zero-order valence-electron chi connectivity index (χ0n) is 3.07. The number of carbonyl (C=O) groups is 1. The second kappa shape index (κ2) is 79.1. The SMILES string of the molecule is Cl.Cl.Cl.Cl.O=CO. The topological polar surface area (TPSA) is 37.3 Å². The molecule has 0 amide bonds. The second-order valence-electron chi connectivity index (χ2n) is 0.105. The molecule has 0 radical (unpaired) electrons. The van der Waals surface area contributed by atoms with E-state index in [4.69, 9.17) is 9.90 Å². The molecule has 0 bridgehead atoms. The van der Waals surface area contributed by atoms with Crippen molar-refractivity contribution in [1.82, 2.24) is 0 Å². The molecule has 0 unspecified atom stereocenters. The molecule has 50 valence electrons. The van der Waals surface area contributed by atoms with Crippen LogP contribution in [0.5, 0.6) is 0 Å². The average Bonchev–Trinajstić information content (AvgIpc) is 0.918. The number of halogens is 4. The molecule has 0 aromatic rings. The fourth-order valence-corrected chi connectivity index (χ4v) is 0. The third kappa shape index (κ3) is 358. The van der Waals surface area contributed by atoms with Gasteiger partial charge in [0.1, 0.15) is 0 Å². The van der Waals surface area contributed by atoms with E-state index in [1.165, 1.54) is 0 Å². The first-order valence-electron chi connectivity index (χ1n) is 0.494. The van der Waals surface area contributed by atoms with E-state index in [2.05, 4.69) is 0 Å². The van der Waals surface area contributed by atoms with Gasteiger partial charge in [0.05, 0.1) is 0 Å². The third-order valence-electron chi connectivity index (χ3n) is 0. The van der Waals surface area contributed by atoms with E-state index in [0.29, 0.717) is 0 Å². The van der Waals surface area contributed by atoms with Gasteiger partial charge in [-0.3, -0.25) is 4.79 Å². The summed E-state index contributed by atoms with van der Waals surface area (Å²) in [5.41, 5.74) is 0. The quantitative estimate of drug-likeness (QED) is 0.588. The van der Waals surface area contributed by atoms with Crippen molar-refractivity contribution in [2.45, 2.75) is 0 Å². The normalized spacial score (nSPS) is 1.71.